The van der Waals surface area contributed by atoms with Gasteiger partial charge in [-0.25, -0.2) is 0 Å². The predicted octanol–water partition coefficient (Wildman–Crippen LogP) is 3.84. The number of nitrogens with one attached hydrogen (secondary N) is 1. The molecule has 1 N–H and O–H groups in total. The highest BCUT2D eigenvalue weighted by molar-refractivity contribution is 5.12. The summed E-state index contributed by atoms with van der Waals surface area (Å²) in [7, 11) is 0. The second kappa shape index (κ2) is 8.00. The van der Waals surface area contributed by atoms with Gasteiger partial charge in [-0.05, 0) is 69.8 Å². The van der Waals surface area contributed by atoms with Crippen molar-refractivity contribution in [3.05, 3.63) is 24.2 Å². The molecule has 21 heavy (non-hydrogen) atoms. The van der Waals surface area contributed by atoms with E-state index in [9.17, 15) is 0 Å². The van der Waals surface area contributed by atoms with Gasteiger partial charge in [0.25, 0.3) is 0 Å². The van der Waals surface area contributed by atoms with Gasteiger partial charge in [0.05, 0.1) is 12.5 Å². The minimum atomic E-state index is 0.281. The van der Waals surface area contributed by atoms with Gasteiger partial charge in [-0.1, -0.05) is 20.8 Å². The van der Waals surface area contributed by atoms with E-state index in [-0.39, 0.29) is 5.54 Å². The molecule has 0 aromatic carbocycles. The lowest BCUT2D eigenvalue weighted by atomic mass is 9.80. The Bertz CT molecular complexity index is 378. The molecule has 0 bridgehead atoms. The van der Waals surface area contributed by atoms with Gasteiger partial charge in [-0.3, -0.25) is 4.90 Å². The van der Waals surface area contributed by atoms with Crippen LogP contribution in [0.2, 0.25) is 0 Å². The van der Waals surface area contributed by atoms with E-state index >= 15 is 0 Å². The van der Waals surface area contributed by atoms with E-state index in [0.29, 0.717) is 6.04 Å². The van der Waals surface area contributed by atoms with Crippen molar-refractivity contribution in [2.75, 3.05) is 19.6 Å². The fourth-order valence-corrected chi connectivity index (χ4v) is 3.99. The zero-order valence-electron chi connectivity index (χ0n) is 14.0. The summed E-state index contributed by atoms with van der Waals surface area (Å²) in [4.78, 5) is 2.75. The summed E-state index contributed by atoms with van der Waals surface area (Å²) in [6.07, 6.45) is 11.1. The van der Waals surface area contributed by atoms with Gasteiger partial charge in [0, 0.05) is 11.6 Å². The normalized spacial score (nSPS) is 18.2. The van der Waals surface area contributed by atoms with Gasteiger partial charge in [0.2, 0.25) is 0 Å². The average Bonchev–Trinajstić information content (AvgIpc) is 3.20. The maximum atomic E-state index is 5.28. The summed E-state index contributed by atoms with van der Waals surface area (Å²) in [5.41, 5.74) is 1.59. The van der Waals surface area contributed by atoms with Crippen LogP contribution in [0, 0.1) is 0 Å². The van der Waals surface area contributed by atoms with E-state index in [1.807, 2.05) is 6.26 Å². The summed E-state index contributed by atoms with van der Waals surface area (Å²) < 4.78 is 5.28. The number of nitrogens with zero attached hydrogens (tertiary/aromatic N) is 1. The van der Waals surface area contributed by atoms with Crippen molar-refractivity contribution >= 4 is 0 Å². The molecule has 0 spiro atoms. The highest BCUT2D eigenvalue weighted by Gasteiger charge is 2.41. The molecule has 1 atom stereocenters. The van der Waals surface area contributed by atoms with Crippen LogP contribution in [0.25, 0.3) is 0 Å². The van der Waals surface area contributed by atoms with Crippen molar-refractivity contribution in [2.45, 2.75) is 70.9 Å². The lowest BCUT2D eigenvalue weighted by Gasteiger charge is -2.47. The van der Waals surface area contributed by atoms with Crippen molar-refractivity contribution in [3.8, 4) is 0 Å². The number of likely N-dealkylation sites (tertiary alicyclic amines) is 1. The van der Waals surface area contributed by atoms with Crippen molar-refractivity contribution in [1.82, 2.24) is 10.2 Å². The first-order valence-electron chi connectivity index (χ1n) is 8.76. The Morgan fingerprint density at radius 2 is 1.95 bits per heavy atom. The molecule has 2 rings (SSSR count). The average molecular weight is 292 g/mol. The van der Waals surface area contributed by atoms with Crippen molar-refractivity contribution in [1.29, 1.82) is 0 Å². The summed E-state index contributed by atoms with van der Waals surface area (Å²) in [5.74, 6) is 0. The summed E-state index contributed by atoms with van der Waals surface area (Å²) in [5, 5.41) is 3.84. The monoisotopic (exact) mass is 292 g/mol. The Morgan fingerprint density at radius 1 is 1.24 bits per heavy atom. The van der Waals surface area contributed by atoms with Gasteiger partial charge >= 0.3 is 0 Å². The molecule has 1 fully saturated rings. The lowest BCUT2D eigenvalue weighted by molar-refractivity contribution is 0.0620. The molecule has 1 aliphatic rings. The minimum Gasteiger partial charge on any atom is -0.472 e. The minimum absolute atomic E-state index is 0.281. The van der Waals surface area contributed by atoms with Gasteiger partial charge in [-0.2, -0.15) is 0 Å². The Hall–Kier alpha value is -0.800. The Morgan fingerprint density at radius 3 is 2.48 bits per heavy atom. The van der Waals surface area contributed by atoms with Crippen LogP contribution in [-0.2, 0) is 6.42 Å². The van der Waals surface area contributed by atoms with Crippen molar-refractivity contribution in [2.24, 2.45) is 0 Å². The fourth-order valence-electron chi connectivity index (χ4n) is 3.99. The molecule has 120 valence electrons. The van der Waals surface area contributed by atoms with Gasteiger partial charge < -0.3 is 9.73 Å². The van der Waals surface area contributed by atoms with E-state index in [1.54, 1.807) is 6.26 Å². The molecule has 1 saturated heterocycles. The SMILES string of the molecule is CCCNC(Cc1ccoc1)C(CC)(CC)N1CCCC1. The molecule has 0 aliphatic carbocycles. The summed E-state index contributed by atoms with van der Waals surface area (Å²) >= 11 is 0. The second-order valence-electron chi connectivity index (χ2n) is 6.35. The van der Waals surface area contributed by atoms with Crippen LogP contribution in [0.1, 0.15) is 58.4 Å². The largest absolute Gasteiger partial charge is 0.472 e. The molecular weight excluding hydrogens is 260 g/mol. The maximum absolute atomic E-state index is 5.28. The van der Waals surface area contributed by atoms with Crippen LogP contribution < -0.4 is 5.32 Å². The van der Waals surface area contributed by atoms with E-state index < -0.39 is 0 Å². The van der Waals surface area contributed by atoms with Crippen LogP contribution >= 0.6 is 0 Å². The summed E-state index contributed by atoms with van der Waals surface area (Å²) in [6, 6.07) is 2.61. The van der Waals surface area contributed by atoms with E-state index in [4.69, 9.17) is 4.42 Å². The molecule has 0 amide bonds. The van der Waals surface area contributed by atoms with Gasteiger partial charge in [0.1, 0.15) is 0 Å². The van der Waals surface area contributed by atoms with E-state index in [0.717, 1.165) is 13.0 Å². The van der Waals surface area contributed by atoms with Crippen molar-refractivity contribution in [3.63, 3.8) is 0 Å². The molecule has 1 aliphatic heterocycles. The van der Waals surface area contributed by atoms with Gasteiger partial charge in [-0.15, -0.1) is 0 Å². The first-order valence-corrected chi connectivity index (χ1v) is 8.76. The molecule has 1 unspecified atom stereocenters. The van der Waals surface area contributed by atoms with E-state index in [1.165, 1.54) is 50.8 Å². The molecule has 0 saturated carbocycles. The Balaban J connectivity index is 2.20. The third-order valence-electron chi connectivity index (χ3n) is 5.27. The van der Waals surface area contributed by atoms with Crippen LogP contribution in [0.5, 0.6) is 0 Å². The molecule has 3 nitrogen and oxygen atoms in total. The fraction of sp³-hybridized carbons (Fsp3) is 0.778. The highest BCUT2D eigenvalue weighted by atomic mass is 16.3. The smallest absolute Gasteiger partial charge is 0.0935 e. The molecule has 0 radical (unpaired) electrons. The first-order chi connectivity index (χ1) is 10.3. The quantitative estimate of drug-likeness (QED) is 0.749. The number of furan rings is 1. The van der Waals surface area contributed by atoms with Crippen LogP contribution in [0.4, 0.5) is 0 Å². The molecule has 1 aromatic rings. The standard InChI is InChI=1S/C18H32N2O/c1-4-10-19-17(14-16-9-13-21-15-16)18(5-2,6-3)20-11-7-8-12-20/h9,13,15,17,19H,4-8,10-12,14H2,1-3H3. The van der Waals surface area contributed by atoms with Crippen LogP contribution in [-0.4, -0.2) is 36.1 Å². The molecule has 3 heteroatoms. The zero-order chi connectivity index (χ0) is 15.1. The highest BCUT2D eigenvalue weighted by Crippen LogP contribution is 2.33. The third kappa shape index (κ3) is 3.70. The van der Waals surface area contributed by atoms with E-state index in [2.05, 4.69) is 37.1 Å². The van der Waals surface area contributed by atoms with Crippen LogP contribution in [0.3, 0.4) is 0 Å². The number of rotatable bonds is 9. The summed E-state index contributed by atoms with van der Waals surface area (Å²) in [6.45, 7) is 10.6. The first kappa shape index (κ1) is 16.6. The third-order valence-corrected chi connectivity index (χ3v) is 5.27. The Kier molecular flexibility index (Phi) is 6.31. The predicted molar refractivity (Wildman–Crippen MR) is 88.6 cm³/mol. The lowest BCUT2D eigenvalue weighted by Crippen LogP contribution is -2.61. The molecule has 1 aromatic heterocycles. The zero-order valence-corrected chi connectivity index (χ0v) is 14.0. The van der Waals surface area contributed by atoms with Crippen molar-refractivity contribution < 1.29 is 4.42 Å². The van der Waals surface area contributed by atoms with Crippen LogP contribution in [0.15, 0.2) is 23.0 Å². The van der Waals surface area contributed by atoms with Gasteiger partial charge in [0.15, 0.2) is 0 Å². The number of hydrogen-bond donors (Lipinski definition) is 1. The molecular formula is C18H32N2O. The number of hydrogen-bond acceptors (Lipinski definition) is 3. The Labute approximate surface area is 130 Å². The second-order valence-corrected chi connectivity index (χ2v) is 6.35. The maximum Gasteiger partial charge on any atom is 0.0935 e. The topological polar surface area (TPSA) is 28.4 Å². The molecule has 2 heterocycles.